The zero-order chi connectivity index (χ0) is 18.8. The molecule has 0 saturated carbocycles. The number of pyridine rings is 1. The first-order valence-electron chi connectivity index (χ1n) is 8.65. The molecule has 0 spiro atoms. The first kappa shape index (κ1) is 18.3. The van der Waals surface area contributed by atoms with E-state index < -0.39 is 0 Å². The summed E-state index contributed by atoms with van der Waals surface area (Å²) in [6.07, 6.45) is 1.87. The maximum atomic E-state index is 12.5. The number of thiazole rings is 1. The number of nitrogens with zero attached hydrogens (tertiary/aromatic N) is 2. The molecule has 1 fully saturated rings. The van der Waals surface area contributed by atoms with E-state index in [4.69, 9.17) is 9.47 Å². The molecule has 1 amide bonds. The fourth-order valence-corrected chi connectivity index (χ4v) is 5.13. The number of carbonyl (C=O) groups excluding carboxylic acids is 1. The summed E-state index contributed by atoms with van der Waals surface area (Å²) in [4.78, 5) is 21.6. The topological polar surface area (TPSA) is 73.3 Å². The van der Waals surface area contributed by atoms with Gasteiger partial charge in [0.15, 0.2) is 5.13 Å². The highest BCUT2D eigenvalue weighted by molar-refractivity contribution is 9.10. The number of amides is 1. The molecule has 0 radical (unpaired) electrons. The van der Waals surface area contributed by atoms with Crippen LogP contribution in [0.25, 0.3) is 10.2 Å². The van der Waals surface area contributed by atoms with Gasteiger partial charge in [0.25, 0.3) is 5.91 Å². The van der Waals surface area contributed by atoms with Gasteiger partial charge in [-0.15, -0.1) is 0 Å². The maximum absolute atomic E-state index is 12.5. The van der Waals surface area contributed by atoms with Crippen molar-refractivity contribution in [1.82, 2.24) is 9.97 Å². The van der Waals surface area contributed by atoms with Crippen molar-refractivity contribution in [1.29, 1.82) is 0 Å². The number of hydrogen-bond donors (Lipinski definition) is 1. The van der Waals surface area contributed by atoms with Crippen LogP contribution in [0.3, 0.4) is 0 Å². The second-order valence-electron chi connectivity index (χ2n) is 6.23. The number of aromatic nitrogens is 2. The number of methoxy groups -OCH3 is 1. The average Bonchev–Trinajstić information content (AvgIpc) is 3.11. The number of carbonyl (C=O) groups is 1. The van der Waals surface area contributed by atoms with E-state index in [9.17, 15) is 4.79 Å². The lowest BCUT2D eigenvalue weighted by Crippen LogP contribution is -2.15. The zero-order valence-electron chi connectivity index (χ0n) is 14.7. The molecule has 0 unspecified atom stereocenters. The van der Waals surface area contributed by atoms with Gasteiger partial charge in [0.1, 0.15) is 10.1 Å². The number of anilines is 1. The van der Waals surface area contributed by atoms with E-state index in [1.54, 1.807) is 19.2 Å². The predicted molar refractivity (Wildman–Crippen MR) is 109 cm³/mol. The predicted octanol–water partition coefficient (Wildman–Crippen LogP) is 4.61. The minimum absolute atomic E-state index is 0.187. The van der Waals surface area contributed by atoms with Gasteiger partial charge in [0, 0.05) is 24.3 Å². The van der Waals surface area contributed by atoms with Gasteiger partial charge < -0.3 is 9.47 Å². The molecule has 27 heavy (non-hydrogen) atoms. The molecule has 2 aromatic heterocycles. The summed E-state index contributed by atoms with van der Waals surface area (Å²) in [6.45, 7) is 1.47. The lowest BCUT2D eigenvalue weighted by atomic mass is 9.93. The fraction of sp³-hybridized carbons (Fsp3) is 0.316. The third-order valence-corrected chi connectivity index (χ3v) is 6.18. The largest absolute Gasteiger partial charge is 0.479 e. The maximum Gasteiger partial charge on any atom is 0.257 e. The molecule has 140 valence electrons. The molecule has 1 aromatic carbocycles. The molecule has 1 N–H and O–H groups in total. The van der Waals surface area contributed by atoms with Crippen LogP contribution in [0, 0.1) is 0 Å². The average molecular weight is 448 g/mol. The van der Waals surface area contributed by atoms with E-state index in [-0.39, 0.29) is 5.91 Å². The van der Waals surface area contributed by atoms with E-state index in [1.807, 2.05) is 18.2 Å². The van der Waals surface area contributed by atoms with Gasteiger partial charge in [-0.3, -0.25) is 10.1 Å². The van der Waals surface area contributed by atoms with Crippen molar-refractivity contribution in [2.45, 2.75) is 18.8 Å². The molecule has 1 saturated heterocycles. The van der Waals surface area contributed by atoms with Crippen molar-refractivity contribution in [3.8, 4) is 5.88 Å². The number of halogens is 1. The lowest BCUT2D eigenvalue weighted by Gasteiger charge is -2.23. The summed E-state index contributed by atoms with van der Waals surface area (Å²) in [5.74, 6) is 0.601. The van der Waals surface area contributed by atoms with Crippen LogP contribution in [0.2, 0.25) is 0 Å². The summed E-state index contributed by atoms with van der Waals surface area (Å²) in [5.41, 5.74) is 2.38. The SMILES string of the molecule is COc1nc(Br)c(C2CCOCC2)c2sc(NC(=O)c3ccccc3)nc12. The molecular formula is C19H18BrN3O3S. The van der Waals surface area contributed by atoms with Crippen LogP contribution < -0.4 is 10.1 Å². The van der Waals surface area contributed by atoms with Crippen molar-refractivity contribution in [2.24, 2.45) is 0 Å². The molecule has 4 rings (SSSR count). The smallest absolute Gasteiger partial charge is 0.257 e. The Hall–Kier alpha value is -2.03. The van der Waals surface area contributed by atoms with Gasteiger partial charge in [-0.2, -0.15) is 0 Å². The monoisotopic (exact) mass is 447 g/mol. The van der Waals surface area contributed by atoms with Crippen LogP contribution in [0.15, 0.2) is 34.9 Å². The number of rotatable bonds is 4. The molecule has 1 aliphatic rings. The number of hydrogen-bond acceptors (Lipinski definition) is 6. The normalized spacial score (nSPS) is 15.0. The molecular weight excluding hydrogens is 430 g/mol. The lowest BCUT2D eigenvalue weighted by molar-refractivity contribution is 0.0854. The Labute approximate surface area is 169 Å². The fourth-order valence-electron chi connectivity index (χ4n) is 3.24. The van der Waals surface area contributed by atoms with E-state index >= 15 is 0 Å². The summed E-state index contributed by atoms with van der Waals surface area (Å²) >= 11 is 5.05. The van der Waals surface area contributed by atoms with Crippen LogP contribution >= 0.6 is 27.3 Å². The van der Waals surface area contributed by atoms with Crippen LogP contribution in [0.1, 0.15) is 34.7 Å². The van der Waals surface area contributed by atoms with Crippen molar-refractivity contribution in [3.05, 3.63) is 46.1 Å². The van der Waals surface area contributed by atoms with Gasteiger partial charge in [-0.25, -0.2) is 9.97 Å². The Kier molecular flexibility index (Phi) is 5.38. The Morgan fingerprint density at radius 2 is 2.00 bits per heavy atom. The molecule has 0 bridgehead atoms. The van der Waals surface area contributed by atoms with Crippen molar-refractivity contribution in [3.63, 3.8) is 0 Å². The van der Waals surface area contributed by atoms with Crippen LogP contribution in [0.5, 0.6) is 5.88 Å². The quantitative estimate of drug-likeness (QED) is 0.591. The van der Waals surface area contributed by atoms with E-state index in [0.717, 1.165) is 40.9 Å². The highest BCUT2D eigenvalue weighted by atomic mass is 79.9. The Bertz CT molecular complexity index is 971. The third-order valence-electron chi connectivity index (χ3n) is 4.58. The first-order chi connectivity index (χ1) is 13.2. The summed E-state index contributed by atoms with van der Waals surface area (Å²) in [6, 6.07) is 9.09. The van der Waals surface area contributed by atoms with Crippen molar-refractivity contribution >= 4 is 48.5 Å². The van der Waals surface area contributed by atoms with Gasteiger partial charge in [-0.1, -0.05) is 29.5 Å². The number of ether oxygens (including phenoxy) is 2. The minimum Gasteiger partial charge on any atom is -0.479 e. The van der Waals surface area contributed by atoms with Crippen LogP contribution in [0.4, 0.5) is 5.13 Å². The van der Waals surface area contributed by atoms with Crippen molar-refractivity contribution < 1.29 is 14.3 Å². The van der Waals surface area contributed by atoms with Crippen molar-refractivity contribution in [2.75, 3.05) is 25.6 Å². The van der Waals surface area contributed by atoms with E-state index in [0.29, 0.717) is 28.0 Å². The van der Waals surface area contributed by atoms with Gasteiger partial charge >= 0.3 is 0 Å². The zero-order valence-corrected chi connectivity index (χ0v) is 17.1. The summed E-state index contributed by atoms with van der Waals surface area (Å²) in [5, 5.41) is 3.43. The van der Waals surface area contributed by atoms with Gasteiger partial charge in [0.05, 0.1) is 11.8 Å². The molecule has 0 aliphatic carbocycles. The minimum atomic E-state index is -0.187. The highest BCUT2D eigenvalue weighted by Crippen LogP contribution is 2.43. The van der Waals surface area contributed by atoms with E-state index in [2.05, 4.69) is 31.2 Å². The second kappa shape index (κ2) is 7.92. The Morgan fingerprint density at radius 3 is 2.70 bits per heavy atom. The van der Waals surface area contributed by atoms with E-state index in [1.165, 1.54) is 11.3 Å². The molecule has 3 aromatic rings. The molecule has 0 atom stereocenters. The Morgan fingerprint density at radius 1 is 1.26 bits per heavy atom. The van der Waals surface area contributed by atoms with Crippen LogP contribution in [-0.4, -0.2) is 36.2 Å². The third kappa shape index (κ3) is 3.69. The summed E-state index contributed by atoms with van der Waals surface area (Å²) in [7, 11) is 1.57. The molecule has 6 nitrogen and oxygen atoms in total. The second-order valence-corrected chi connectivity index (χ2v) is 7.98. The standard InChI is InChI=1S/C19H18BrN3O3S/c1-25-18-14-15(13(16(20)22-18)11-7-9-26-10-8-11)27-19(21-14)23-17(24)12-5-3-2-4-6-12/h2-6,11H,7-10H2,1H3,(H,21,23,24). The highest BCUT2D eigenvalue weighted by Gasteiger charge is 2.26. The molecule has 1 aliphatic heterocycles. The first-order valence-corrected chi connectivity index (χ1v) is 10.3. The Balaban J connectivity index is 1.74. The number of nitrogens with one attached hydrogen (secondary N) is 1. The van der Waals surface area contributed by atoms with Gasteiger partial charge in [-0.05, 0) is 46.8 Å². The molecule has 8 heteroatoms. The van der Waals surface area contributed by atoms with Gasteiger partial charge in [0.2, 0.25) is 5.88 Å². The molecule has 3 heterocycles. The van der Waals surface area contributed by atoms with Crippen LogP contribution in [-0.2, 0) is 4.74 Å². The number of fused-ring (bicyclic) bond motifs is 1. The summed E-state index contributed by atoms with van der Waals surface area (Å²) < 4.78 is 12.7. The number of benzene rings is 1.